The first-order valence-electron chi connectivity index (χ1n) is 2.71. The second-order valence-corrected chi connectivity index (χ2v) is 1.80. The molecular formula is C7H11NO4. The van der Waals surface area contributed by atoms with E-state index in [1.54, 1.807) is 0 Å². The Morgan fingerprint density at radius 2 is 1.83 bits per heavy atom. The van der Waals surface area contributed by atoms with Crippen LogP contribution >= 0.6 is 0 Å². The van der Waals surface area contributed by atoms with Crippen LogP contribution in [0.25, 0.3) is 0 Å². The molecule has 1 rings (SSSR count). The molecule has 0 aromatic heterocycles. The van der Waals surface area contributed by atoms with Gasteiger partial charge in [-0.1, -0.05) is 23.9 Å². The van der Waals surface area contributed by atoms with Crippen molar-refractivity contribution in [3.8, 4) is 5.75 Å². The topological polar surface area (TPSA) is 128 Å². The van der Waals surface area contributed by atoms with Crippen molar-refractivity contribution in [2.75, 3.05) is 0 Å². The third-order valence-corrected chi connectivity index (χ3v) is 1.12. The Hall–Kier alpha value is -1.59. The Morgan fingerprint density at radius 3 is 2.17 bits per heavy atom. The lowest BCUT2D eigenvalue weighted by molar-refractivity contribution is -0.268. The van der Waals surface area contributed by atoms with Crippen LogP contribution in [-0.4, -0.2) is 16.6 Å². The van der Waals surface area contributed by atoms with Crippen molar-refractivity contribution >= 4 is 5.97 Å². The highest BCUT2D eigenvalue weighted by molar-refractivity contribution is 5.90. The zero-order chi connectivity index (χ0) is 7.56. The number of carboxylic acid groups (broad SMARTS) is 1. The lowest BCUT2D eigenvalue weighted by Gasteiger charge is -2.07. The molecule has 0 heterocycles. The van der Waals surface area contributed by atoms with Crippen LogP contribution in [0.3, 0.4) is 0 Å². The van der Waals surface area contributed by atoms with Crippen LogP contribution in [-0.2, 0) is 0 Å². The van der Waals surface area contributed by atoms with Gasteiger partial charge in [0.25, 0.3) is 0 Å². The van der Waals surface area contributed by atoms with Crippen molar-refractivity contribution < 1.29 is 20.5 Å². The number of aromatic carboxylic acids is 1. The second-order valence-electron chi connectivity index (χ2n) is 1.80. The van der Waals surface area contributed by atoms with E-state index in [1.165, 1.54) is 24.3 Å². The van der Waals surface area contributed by atoms with Gasteiger partial charge in [-0.2, -0.15) is 0 Å². The molecule has 0 saturated carbocycles. The largest absolute Gasteiger partial charge is 0.872 e. The van der Waals surface area contributed by atoms with Crippen molar-refractivity contribution in [3.05, 3.63) is 29.8 Å². The van der Waals surface area contributed by atoms with Gasteiger partial charge in [0.05, 0.1) is 5.56 Å². The quantitative estimate of drug-likeness (QED) is 0.620. The minimum Gasteiger partial charge on any atom is -0.872 e. The van der Waals surface area contributed by atoms with E-state index in [9.17, 15) is 9.90 Å². The van der Waals surface area contributed by atoms with E-state index in [-0.39, 0.29) is 17.2 Å². The maximum Gasteiger partial charge on any atom is 0.335 e. The third-order valence-electron chi connectivity index (χ3n) is 1.12. The van der Waals surface area contributed by atoms with Crippen LogP contribution < -0.4 is 11.3 Å². The average Bonchev–Trinajstić information content (AvgIpc) is 1.88. The van der Waals surface area contributed by atoms with Crippen LogP contribution in [0.5, 0.6) is 5.75 Å². The molecule has 0 saturated heterocycles. The summed E-state index contributed by atoms with van der Waals surface area (Å²) in [5.74, 6) is -1.62. The number of quaternary nitrogens is 1. The second kappa shape index (κ2) is 5.11. The lowest BCUT2D eigenvalue weighted by atomic mass is 10.2. The van der Waals surface area contributed by atoms with Gasteiger partial charge in [-0.3, -0.25) is 0 Å². The van der Waals surface area contributed by atoms with Crippen LogP contribution in [0.4, 0.5) is 0 Å². The van der Waals surface area contributed by atoms with Crippen LogP contribution in [0, 0.1) is 0 Å². The number of benzene rings is 1. The average molecular weight is 173 g/mol. The molecule has 0 fully saturated rings. The van der Waals surface area contributed by atoms with E-state index >= 15 is 0 Å². The highest BCUT2D eigenvalue weighted by atomic mass is 16.4. The molecule has 5 heteroatoms. The zero-order valence-corrected chi connectivity index (χ0v) is 6.57. The Balaban J connectivity index is 0. The highest BCUT2D eigenvalue weighted by Gasteiger charge is 1.99. The zero-order valence-electron chi connectivity index (χ0n) is 6.57. The number of hydrogen-bond acceptors (Lipinski definition) is 2. The Labute approximate surface area is 69.2 Å². The minimum atomic E-state index is -1.18. The van der Waals surface area contributed by atoms with E-state index < -0.39 is 11.7 Å². The maximum atomic E-state index is 10.7. The van der Waals surface area contributed by atoms with Gasteiger partial charge in [0.15, 0.2) is 0 Å². The molecule has 1 aromatic carbocycles. The van der Waals surface area contributed by atoms with Crippen molar-refractivity contribution in [1.82, 2.24) is 6.15 Å². The predicted octanol–water partition coefficient (Wildman–Crippen LogP) is 0.00990. The van der Waals surface area contributed by atoms with E-state index in [1.807, 2.05) is 0 Å². The summed E-state index contributed by atoms with van der Waals surface area (Å²) in [5, 5.41) is 19.0. The lowest BCUT2D eigenvalue weighted by Crippen LogP contribution is -2.02. The number of hydrogen-bond donors (Lipinski definition) is 2. The summed E-state index contributed by atoms with van der Waals surface area (Å²) in [6, 6.07) is 5.54. The standard InChI is InChI=1S/C7H6O3.H3N.H2O/c8-6-4-2-1-3-5(6)7(9)10;;/h1-4,8H,(H,9,10);1H3;1H2. The molecule has 5 nitrogen and oxygen atoms in total. The van der Waals surface area contributed by atoms with Crippen LogP contribution in [0.15, 0.2) is 24.3 Å². The number of carbonyl (C=O) groups is 1. The first-order valence-corrected chi connectivity index (χ1v) is 2.71. The smallest absolute Gasteiger partial charge is 0.335 e. The minimum absolute atomic E-state index is 0. The van der Waals surface area contributed by atoms with E-state index in [4.69, 9.17) is 5.11 Å². The molecule has 0 unspecified atom stereocenters. The monoisotopic (exact) mass is 173 g/mol. The first kappa shape index (κ1) is 13.0. The summed E-state index contributed by atoms with van der Waals surface area (Å²) in [6.45, 7) is 0. The van der Waals surface area contributed by atoms with Gasteiger partial charge in [-0.25, -0.2) is 4.79 Å². The Morgan fingerprint density at radius 1 is 1.33 bits per heavy atom. The molecular weight excluding hydrogens is 162 g/mol. The molecule has 0 atom stereocenters. The molecule has 12 heavy (non-hydrogen) atoms. The van der Waals surface area contributed by atoms with Gasteiger partial charge in [-0.05, 0) is 6.07 Å². The molecule has 0 aliphatic rings. The van der Waals surface area contributed by atoms with Crippen molar-refractivity contribution in [2.45, 2.75) is 0 Å². The Bertz CT molecular complexity index is 261. The van der Waals surface area contributed by atoms with E-state index in [2.05, 4.69) is 0 Å². The van der Waals surface area contributed by atoms with Gasteiger partial charge in [0, 0.05) is 0 Å². The fourth-order valence-electron chi connectivity index (χ4n) is 0.643. The molecule has 0 aliphatic carbocycles. The van der Waals surface area contributed by atoms with Gasteiger partial charge in [0.2, 0.25) is 0 Å². The molecule has 7 N–H and O–H groups in total. The fraction of sp³-hybridized carbons (Fsp3) is 0. The summed E-state index contributed by atoms with van der Waals surface area (Å²) in [7, 11) is 0. The van der Waals surface area contributed by atoms with E-state index in [0.29, 0.717) is 0 Å². The summed E-state index contributed by atoms with van der Waals surface area (Å²) in [5.41, 5.74) is -0.178. The van der Waals surface area contributed by atoms with Crippen molar-refractivity contribution in [2.24, 2.45) is 0 Å². The van der Waals surface area contributed by atoms with Crippen molar-refractivity contribution in [3.63, 3.8) is 0 Å². The molecule has 0 amide bonds. The summed E-state index contributed by atoms with van der Waals surface area (Å²) < 4.78 is 0. The van der Waals surface area contributed by atoms with Gasteiger partial charge in [-0.15, -0.1) is 0 Å². The summed E-state index contributed by atoms with van der Waals surface area (Å²) >= 11 is 0. The number of para-hydroxylation sites is 1. The summed E-state index contributed by atoms with van der Waals surface area (Å²) in [4.78, 5) is 10.2. The van der Waals surface area contributed by atoms with Gasteiger partial charge >= 0.3 is 5.97 Å². The predicted molar refractivity (Wildman–Crippen MR) is 42.4 cm³/mol. The van der Waals surface area contributed by atoms with Crippen LogP contribution in [0.2, 0.25) is 0 Å². The summed E-state index contributed by atoms with van der Waals surface area (Å²) in [6.07, 6.45) is 0. The van der Waals surface area contributed by atoms with Gasteiger partial charge < -0.3 is 21.8 Å². The molecule has 0 aliphatic heterocycles. The Kier molecular flexibility index (Phi) is 5.55. The molecule has 0 bridgehead atoms. The fourth-order valence-corrected chi connectivity index (χ4v) is 0.643. The molecule has 0 radical (unpaired) electrons. The van der Waals surface area contributed by atoms with E-state index in [0.717, 1.165) is 0 Å². The number of rotatable bonds is 1. The van der Waals surface area contributed by atoms with Gasteiger partial charge in [0.1, 0.15) is 0 Å². The molecule has 1 aromatic rings. The van der Waals surface area contributed by atoms with Crippen molar-refractivity contribution in [1.29, 1.82) is 0 Å². The third kappa shape index (κ3) is 2.57. The highest BCUT2D eigenvalue weighted by Crippen LogP contribution is 2.10. The maximum absolute atomic E-state index is 10.7. The first-order chi connectivity index (χ1) is 4.72. The normalized spacial score (nSPS) is 7.67. The molecule has 0 spiro atoms. The number of carboxylic acids is 1. The van der Waals surface area contributed by atoms with Crippen LogP contribution in [0.1, 0.15) is 10.4 Å². The molecule has 68 valence electrons. The SMILES string of the molecule is O.O=C(O)c1ccccc1[O-].[NH4+].